The van der Waals surface area contributed by atoms with Gasteiger partial charge < -0.3 is 5.32 Å². The van der Waals surface area contributed by atoms with Crippen molar-refractivity contribution in [3.8, 4) is 0 Å². The van der Waals surface area contributed by atoms with E-state index < -0.39 is 53.2 Å². The maximum absolute atomic E-state index is 13.5. The first-order valence-electron chi connectivity index (χ1n) is 6.67. The van der Waals surface area contributed by atoms with E-state index in [4.69, 9.17) is 0 Å². The van der Waals surface area contributed by atoms with Crippen LogP contribution in [0.2, 0.25) is 0 Å². The Morgan fingerprint density at radius 2 is 1.14 bits per heavy atom. The number of anilines is 1. The Morgan fingerprint density at radius 3 is 1.55 bits per heavy atom. The fourth-order valence-corrected chi connectivity index (χ4v) is 1.69. The maximum atomic E-state index is 13.5. The summed E-state index contributed by atoms with van der Waals surface area (Å²) in [6, 6.07) is 2.04. The summed E-state index contributed by atoms with van der Waals surface area (Å²) in [4.78, 5) is 11.2. The SMILES string of the molecule is O=C(Nc1cccc(F)c1)C(F)(F)C(F)(F)C(F)(F)C(F)(F)C(F)(F)C(F)(F)F. The number of rotatable bonds is 6. The minimum absolute atomic E-state index is 0.177. The predicted octanol–water partition coefficient (Wildman–Crippen LogP) is 5.50. The summed E-state index contributed by atoms with van der Waals surface area (Å²) in [5, 5.41) is 0.725. The van der Waals surface area contributed by atoms with Gasteiger partial charge in [0.05, 0.1) is 0 Å². The van der Waals surface area contributed by atoms with E-state index in [2.05, 4.69) is 0 Å². The predicted molar refractivity (Wildman–Crippen MR) is 65.8 cm³/mol. The van der Waals surface area contributed by atoms with Gasteiger partial charge in [-0.3, -0.25) is 4.79 Å². The minimum atomic E-state index is -8.11. The molecule has 0 aliphatic rings. The van der Waals surface area contributed by atoms with Gasteiger partial charge in [0.25, 0.3) is 0 Å². The molecule has 0 fully saturated rings. The first kappa shape index (κ1) is 24.7. The van der Waals surface area contributed by atoms with Crippen molar-refractivity contribution in [2.75, 3.05) is 5.32 Å². The van der Waals surface area contributed by atoms with Crippen molar-refractivity contribution < 1.29 is 66.3 Å². The number of carbonyl (C=O) groups excluding carboxylic acids is 1. The molecule has 0 aromatic heterocycles. The second kappa shape index (κ2) is 6.90. The van der Waals surface area contributed by atoms with Crippen LogP contribution in [0.4, 0.5) is 67.2 Å². The Morgan fingerprint density at radius 1 is 0.690 bits per heavy atom. The molecule has 1 rings (SSSR count). The number of amides is 1. The highest BCUT2D eigenvalue weighted by atomic mass is 19.4. The molecule has 0 heterocycles. The molecule has 0 spiro atoms. The number of alkyl halides is 13. The average molecular weight is 457 g/mol. The van der Waals surface area contributed by atoms with Crippen LogP contribution < -0.4 is 5.32 Å². The van der Waals surface area contributed by atoms with E-state index in [-0.39, 0.29) is 6.07 Å². The van der Waals surface area contributed by atoms with Gasteiger partial charge in [-0.15, -0.1) is 0 Å². The number of benzene rings is 1. The van der Waals surface area contributed by atoms with Crippen molar-refractivity contribution in [1.82, 2.24) is 0 Å². The van der Waals surface area contributed by atoms with Gasteiger partial charge in [0.1, 0.15) is 5.82 Å². The lowest BCUT2D eigenvalue weighted by Crippen LogP contribution is -2.71. The summed E-state index contributed by atoms with van der Waals surface area (Å²) >= 11 is 0. The molecule has 1 aromatic carbocycles. The summed E-state index contributed by atoms with van der Waals surface area (Å²) in [6.45, 7) is 0. The van der Waals surface area contributed by atoms with Crippen molar-refractivity contribution in [2.24, 2.45) is 0 Å². The zero-order valence-electron chi connectivity index (χ0n) is 13.0. The molecule has 2 nitrogen and oxygen atoms in total. The molecule has 0 atom stereocenters. The Hall–Kier alpha value is -2.29. The normalized spacial score (nSPS) is 14.7. The van der Waals surface area contributed by atoms with Gasteiger partial charge in [-0.2, -0.15) is 57.1 Å². The molecule has 166 valence electrons. The lowest BCUT2D eigenvalue weighted by atomic mass is 9.93. The molecule has 0 saturated carbocycles. The third-order valence-corrected chi connectivity index (χ3v) is 3.30. The van der Waals surface area contributed by atoms with Gasteiger partial charge in [-0.05, 0) is 18.2 Å². The Kier molecular flexibility index (Phi) is 5.89. The molecular weight excluding hydrogens is 452 g/mol. The highest BCUT2D eigenvalue weighted by Gasteiger charge is 2.91. The van der Waals surface area contributed by atoms with Crippen molar-refractivity contribution in [3.05, 3.63) is 30.1 Å². The topological polar surface area (TPSA) is 29.1 Å². The summed E-state index contributed by atoms with van der Waals surface area (Å²) in [5.74, 6) is -43.6. The fraction of sp³-hybridized carbons (Fsp3) is 0.462. The molecular formula is C13H5F14NO. The smallest absolute Gasteiger partial charge is 0.321 e. The molecule has 0 aliphatic carbocycles. The highest BCUT2D eigenvalue weighted by molar-refractivity contribution is 5.97. The van der Waals surface area contributed by atoms with Crippen molar-refractivity contribution in [2.45, 2.75) is 35.8 Å². The monoisotopic (exact) mass is 457 g/mol. The minimum Gasteiger partial charge on any atom is -0.321 e. The van der Waals surface area contributed by atoms with E-state index in [1.54, 1.807) is 0 Å². The Balaban J connectivity index is 3.39. The van der Waals surface area contributed by atoms with Gasteiger partial charge in [-0.1, -0.05) is 6.07 Å². The first-order chi connectivity index (χ1) is 12.6. The van der Waals surface area contributed by atoms with Crippen LogP contribution in [0.1, 0.15) is 0 Å². The fourth-order valence-electron chi connectivity index (χ4n) is 1.69. The van der Waals surface area contributed by atoms with Gasteiger partial charge >= 0.3 is 41.7 Å². The zero-order valence-corrected chi connectivity index (χ0v) is 13.0. The number of nitrogens with one attached hydrogen (secondary N) is 1. The molecule has 0 radical (unpaired) electrons. The number of carbonyl (C=O) groups is 1. The summed E-state index contributed by atoms with van der Waals surface area (Å²) in [6.07, 6.45) is -7.55. The van der Waals surface area contributed by atoms with Crippen LogP contribution in [0.3, 0.4) is 0 Å². The van der Waals surface area contributed by atoms with Gasteiger partial charge in [0.15, 0.2) is 0 Å². The van der Waals surface area contributed by atoms with E-state index in [1.165, 1.54) is 0 Å². The lowest BCUT2D eigenvalue weighted by molar-refractivity contribution is -0.435. The van der Waals surface area contributed by atoms with E-state index in [0.29, 0.717) is 18.2 Å². The first-order valence-corrected chi connectivity index (χ1v) is 6.67. The molecule has 0 saturated heterocycles. The maximum Gasteiger partial charge on any atom is 0.460 e. The van der Waals surface area contributed by atoms with Gasteiger partial charge in [-0.25, -0.2) is 4.39 Å². The molecule has 1 amide bonds. The Bertz CT molecular complexity index is 769. The number of halogens is 14. The van der Waals surface area contributed by atoms with Crippen molar-refractivity contribution in [1.29, 1.82) is 0 Å². The standard InChI is InChI=1S/C13H5F14NO/c14-5-2-1-3-6(4-5)28-7(29)8(15,16)9(17,18)10(19,20)11(21,22)12(23,24)13(25,26)27/h1-4H,(H,28,29). The van der Waals surface area contributed by atoms with E-state index in [9.17, 15) is 66.3 Å². The highest BCUT2D eigenvalue weighted by Crippen LogP contribution is 2.60. The van der Waals surface area contributed by atoms with Gasteiger partial charge in [0, 0.05) is 5.69 Å². The molecule has 0 unspecified atom stereocenters. The van der Waals surface area contributed by atoms with E-state index in [0.717, 1.165) is 5.32 Å². The van der Waals surface area contributed by atoms with Crippen molar-refractivity contribution >= 4 is 11.6 Å². The number of hydrogen-bond donors (Lipinski definition) is 1. The Labute approximate surface area is 150 Å². The molecule has 0 bridgehead atoms. The van der Waals surface area contributed by atoms with Crippen LogP contribution in [0.15, 0.2) is 24.3 Å². The molecule has 16 heteroatoms. The zero-order chi connectivity index (χ0) is 23.3. The third-order valence-electron chi connectivity index (χ3n) is 3.30. The van der Waals surface area contributed by atoms with Gasteiger partial charge in [0.2, 0.25) is 0 Å². The second-order valence-electron chi connectivity index (χ2n) is 5.33. The van der Waals surface area contributed by atoms with Crippen LogP contribution in [0.25, 0.3) is 0 Å². The largest absolute Gasteiger partial charge is 0.460 e. The molecule has 29 heavy (non-hydrogen) atoms. The van der Waals surface area contributed by atoms with Crippen LogP contribution >= 0.6 is 0 Å². The summed E-state index contributed by atoms with van der Waals surface area (Å²) in [7, 11) is 0. The molecule has 0 aliphatic heterocycles. The molecule has 1 aromatic rings. The van der Waals surface area contributed by atoms with Crippen LogP contribution in [0.5, 0.6) is 0 Å². The van der Waals surface area contributed by atoms with E-state index in [1.807, 2.05) is 0 Å². The second-order valence-corrected chi connectivity index (χ2v) is 5.33. The van der Waals surface area contributed by atoms with E-state index >= 15 is 0 Å². The summed E-state index contributed by atoms with van der Waals surface area (Å²) in [5.41, 5.74) is -1.08. The lowest BCUT2D eigenvalue weighted by Gasteiger charge is -2.39. The third kappa shape index (κ3) is 3.68. The summed E-state index contributed by atoms with van der Waals surface area (Å²) < 4.78 is 180. The number of hydrogen-bond acceptors (Lipinski definition) is 1. The molecule has 1 N–H and O–H groups in total. The average Bonchev–Trinajstić information content (AvgIpc) is 2.52. The quantitative estimate of drug-likeness (QED) is 0.562. The van der Waals surface area contributed by atoms with Crippen molar-refractivity contribution in [3.63, 3.8) is 0 Å². The van der Waals surface area contributed by atoms with Crippen LogP contribution in [-0.4, -0.2) is 41.7 Å². The van der Waals surface area contributed by atoms with Crippen LogP contribution in [-0.2, 0) is 4.79 Å². The van der Waals surface area contributed by atoms with Crippen LogP contribution in [0, 0.1) is 5.82 Å².